The van der Waals surface area contributed by atoms with E-state index in [0.717, 1.165) is 10.9 Å². The molecule has 0 radical (unpaired) electrons. The summed E-state index contributed by atoms with van der Waals surface area (Å²) in [5.74, 6) is 0.283. The van der Waals surface area contributed by atoms with Crippen LogP contribution in [0, 0.1) is 0 Å². The summed E-state index contributed by atoms with van der Waals surface area (Å²) in [4.78, 5) is 16.7. The van der Waals surface area contributed by atoms with Crippen molar-refractivity contribution in [2.24, 2.45) is 0 Å². The Hall–Kier alpha value is -2.59. The number of aromatic nitrogens is 1. The molecule has 22 heavy (non-hydrogen) atoms. The number of fused-ring (bicyclic) bond motifs is 1. The highest BCUT2D eigenvalue weighted by Crippen LogP contribution is 2.28. The molecule has 110 valence electrons. The molecule has 0 atom stereocenters. The monoisotopic (exact) mass is 312 g/mol. The van der Waals surface area contributed by atoms with Crippen molar-refractivity contribution in [2.75, 3.05) is 12.4 Å². The van der Waals surface area contributed by atoms with Crippen LogP contribution in [0.1, 0.15) is 10.4 Å². The maximum absolute atomic E-state index is 12.4. The van der Waals surface area contributed by atoms with Crippen LogP contribution in [-0.2, 0) is 0 Å². The van der Waals surface area contributed by atoms with Crippen LogP contribution < -0.4 is 10.1 Å². The van der Waals surface area contributed by atoms with Gasteiger partial charge in [-0.15, -0.1) is 0 Å². The molecule has 0 aliphatic carbocycles. The number of nitrogens with one attached hydrogen (secondary N) is 1. The third-order valence-electron chi connectivity index (χ3n) is 3.26. The number of anilines is 1. The summed E-state index contributed by atoms with van der Waals surface area (Å²) < 4.78 is 5.22. The fourth-order valence-corrected chi connectivity index (χ4v) is 2.34. The van der Waals surface area contributed by atoms with E-state index in [-0.39, 0.29) is 5.91 Å². The fraction of sp³-hybridized carbons (Fsp3) is 0.0588. The Morgan fingerprint density at radius 3 is 2.82 bits per heavy atom. The fourth-order valence-electron chi connectivity index (χ4n) is 2.17. The van der Waals surface area contributed by atoms with Gasteiger partial charge in [0.05, 0.1) is 23.9 Å². The number of hydrogen-bond acceptors (Lipinski definition) is 3. The third-order valence-corrected chi connectivity index (χ3v) is 3.50. The summed E-state index contributed by atoms with van der Waals surface area (Å²) >= 11 is 5.96. The largest absolute Gasteiger partial charge is 0.495 e. The average Bonchev–Trinajstić information content (AvgIpc) is 2.54. The molecule has 1 aromatic heterocycles. The molecule has 0 saturated carbocycles. The number of rotatable bonds is 3. The number of benzene rings is 2. The van der Waals surface area contributed by atoms with Gasteiger partial charge in [0.25, 0.3) is 5.91 Å². The van der Waals surface area contributed by atoms with Crippen LogP contribution in [0.5, 0.6) is 5.75 Å². The maximum atomic E-state index is 12.4. The predicted molar refractivity (Wildman–Crippen MR) is 87.7 cm³/mol. The highest BCUT2D eigenvalue weighted by atomic mass is 35.5. The number of para-hydroxylation sites is 1. The number of methoxy groups -OCH3 is 1. The minimum absolute atomic E-state index is 0.265. The van der Waals surface area contributed by atoms with Crippen LogP contribution in [0.2, 0.25) is 5.02 Å². The molecule has 0 bridgehead atoms. The van der Waals surface area contributed by atoms with Crippen molar-refractivity contribution in [2.45, 2.75) is 0 Å². The van der Waals surface area contributed by atoms with Gasteiger partial charge in [-0.25, -0.2) is 0 Å². The van der Waals surface area contributed by atoms with Crippen LogP contribution >= 0.6 is 11.6 Å². The van der Waals surface area contributed by atoms with Crippen molar-refractivity contribution in [3.8, 4) is 5.75 Å². The summed E-state index contributed by atoms with van der Waals surface area (Å²) in [7, 11) is 1.54. The van der Waals surface area contributed by atoms with Crippen LogP contribution in [0.3, 0.4) is 0 Å². The Kier molecular flexibility index (Phi) is 3.94. The van der Waals surface area contributed by atoms with Gasteiger partial charge >= 0.3 is 0 Å². The van der Waals surface area contributed by atoms with Gasteiger partial charge in [-0.3, -0.25) is 9.78 Å². The minimum Gasteiger partial charge on any atom is -0.495 e. The molecule has 0 fully saturated rings. The van der Waals surface area contributed by atoms with Crippen molar-refractivity contribution in [3.05, 3.63) is 65.3 Å². The van der Waals surface area contributed by atoms with Crippen LogP contribution in [0.4, 0.5) is 5.69 Å². The molecule has 2 aromatic carbocycles. The van der Waals surface area contributed by atoms with E-state index in [1.165, 1.54) is 7.11 Å². The highest BCUT2D eigenvalue weighted by molar-refractivity contribution is 6.31. The molecule has 0 saturated heterocycles. The predicted octanol–water partition coefficient (Wildman–Crippen LogP) is 4.15. The van der Waals surface area contributed by atoms with E-state index >= 15 is 0 Å². The third kappa shape index (κ3) is 2.87. The summed E-state index contributed by atoms with van der Waals surface area (Å²) in [6, 6.07) is 14.5. The van der Waals surface area contributed by atoms with E-state index in [9.17, 15) is 4.79 Å². The van der Waals surface area contributed by atoms with Crippen molar-refractivity contribution < 1.29 is 9.53 Å². The van der Waals surface area contributed by atoms with Gasteiger partial charge < -0.3 is 10.1 Å². The number of hydrogen-bond donors (Lipinski definition) is 1. The molecule has 1 N–H and O–H groups in total. The molecule has 1 heterocycles. The molecular formula is C17H13ClN2O2. The first kappa shape index (κ1) is 14.4. The van der Waals surface area contributed by atoms with E-state index in [4.69, 9.17) is 16.3 Å². The summed E-state index contributed by atoms with van der Waals surface area (Å²) in [6.45, 7) is 0. The lowest BCUT2D eigenvalue weighted by atomic mass is 10.1. The highest BCUT2D eigenvalue weighted by Gasteiger charge is 2.11. The average molecular weight is 313 g/mol. The lowest BCUT2D eigenvalue weighted by Gasteiger charge is -2.10. The van der Waals surface area contributed by atoms with Gasteiger partial charge in [0.2, 0.25) is 0 Å². The number of nitrogens with zero attached hydrogens (tertiary/aromatic N) is 1. The molecule has 3 rings (SSSR count). The zero-order chi connectivity index (χ0) is 15.5. The molecule has 1 amide bonds. The van der Waals surface area contributed by atoms with Crippen LogP contribution in [0.15, 0.2) is 54.7 Å². The zero-order valence-corrected chi connectivity index (χ0v) is 12.6. The first-order valence-corrected chi connectivity index (χ1v) is 7.05. The molecule has 3 aromatic rings. The second-order valence-corrected chi connectivity index (χ2v) is 5.15. The van der Waals surface area contributed by atoms with Crippen molar-refractivity contribution >= 4 is 34.1 Å². The standard InChI is InChI=1S/C17H13ClN2O2/c1-22-16-7-6-13(18)9-15(16)20-17(21)12-8-11-4-2-3-5-14(11)19-10-12/h2-10H,1H3,(H,20,21). The molecule has 4 nitrogen and oxygen atoms in total. The summed E-state index contributed by atoms with van der Waals surface area (Å²) in [6.07, 6.45) is 1.55. The number of amides is 1. The molecule has 0 unspecified atom stereocenters. The number of pyridine rings is 1. The number of ether oxygens (including phenoxy) is 1. The summed E-state index contributed by atoms with van der Waals surface area (Å²) in [5.41, 5.74) is 1.84. The van der Waals surface area contributed by atoms with Gasteiger partial charge in [-0.2, -0.15) is 0 Å². The Balaban J connectivity index is 1.91. The van der Waals surface area contributed by atoms with E-state index in [2.05, 4.69) is 10.3 Å². The normalized spacial score (nSPS) is 10.5. The first-order chi connectivity index (χ1) is 10.7. The van der Waals surface area contributed by atoms with Gasteiger partial charge in [-0.05, 0) is 30.3 Å². The molecule has 0 spiro atoms. The second kappa shape index (κ2) is 6.03. The van der Waals surface area contributed by atoms with Crippen molar-refractivity contribution in [3.63, 3.8) is 0 Å². The smallest absolute Gasteiger partial charge is 0.257 e. The zero-order valence-electron chi connectivity index (χ0n) is 11.8. The van der Waals surface area contributed by atoms with Gasteiger partial charge in [-0.1, -0.05) is 29.8 Å². The lowest BCUT2D eigenvalue weighted by molar-refractivity contribution is 0.102. The van der Waals surface area contributed by atoms with Gasteiger partial charge in [0.15, 0.2) is 0 Å². The molecule has 5 heteroatoms. The summed E-state index contributed by atoms with van der Waals surface area (Å²) in [5, 5.41) is 4.23. The number of carbonyl (C=O) groups excluding carboxylic acids is 1. The maximum Gasteiger partial charge on any atom is 0.257 e. The topological polar surface area (TPSA) is 51.2 Å². The van der Waals surface area contributed by atoms with Gasteiger partial charge in [0.1, 0.15) is 5.75 Å². The Morgan fingerprint density at radius 1 is 1.18 bits per heavy atom. The number of halogens is 1. The van der Waals surface area contributed by atoms with Crippen LogP contribution in [0.25, 0.3) is 10.9 Å². The molecular weight excluding hydrogens is 300 g/mol. The molecule has 0 aliphatic rings. The van der Waals surface area contributed by atoms with Crippen molar-refractivity contribution in [1.82, 2.24) is 4.98 Å². The SMILES string of the molecule is COc1ccc(Cl)cc1NC(=O)c1cnc2ccccc2c1. The van der Waals surface area contributed by atoms with Gasteiger partial charge in [0, 0.05) is 16.6 Å². The minimum atomic E-state index is -0.265. The van der Waals surface area contributed by atoms with E-state index < -0.39 is 0 Å². The Labute approximate surface area is 132 Å². The van der Waals surface area contributed by atoms with Crippen molar-refractivity contribution in [1.29, 1.82) is 0 Å². The Morgan fingerprint density at radius 2 is 2.00 bits per heavy atom. The second-order valence-electron chi connectivity index (χ2n) is 4.72. The van der Waals surface area contributed by atoms with Crippen LogP contribution in [-0.4, -0.2) is 18.0 Å². The Bertz CT molecular complexity index is 849. The van der Waals surface area contributed by atoms with E-state index in [1.54, 1.807) is 30.5 Å². The van der Waals surface area contributed by atoms with E-state index in [1.807, 2.05) is 24.3 Å². The molecule has 0 aliphatic heterocycles. The first-order valence-electron chi connectivity index (χ1n) is 6.67. The number of carbonyl (C=O) groups is 1. The quantitative estimate of drug-likeness (QED) is 0.790. The lowest BCUT2D eigenvalue weighted by Crippen LogP contribution is -2.13. The van der Waals surface area contributed by atoms with E-state index in [0.29, 0.717) is 22.0 Å².